The minimum absolute atomic E-state index is 0.425. The highest BCUT2D eigenvalue weighted by Gasteiger charge is 2.22. The Morgan fingerprint density at radius 2 is 1.94 bits per heavy atom. The summed E-state index contributed by atoms with van der Waals surface area (Å²) in [5.74, 6) is 1.57. The Bertz CT molecular complexity index is 194. The molecule has 0 aromatic carbocycles. The van der Waals surface area contributed by atoms with Gasteiger partial charge in [-0.15, -0.1) is 0 Å². The van der Waals surface area contributed by atoms with Crippen LogP contribution in [0.4, 0.5) is 0 Å². The molecule has 0 spiro atoms. The first-order valence-electron chi connectivity index (χ1n) is 6.90. The summed E-state index contributed by atoms with van der Waals surface area (Å²) < 4.78 is 5.58. The first-order valence-corrected chi connectivity index (χ1v) is 6.90. The molecule has 2 unspecified atom stereocenters. The van der Waals surface area contributed by atoms with Crippen molar-refractivity contribution in [3.8, 4) is 0 Å². The van der Waals surface area contributed by atoms with E-state index in [1.165, 1.54) is 38.5 Å². The molecule has 3 nitrogen and oxygen atoms in total. The van der Waals surface area contributed by atoms with Crippen LogP contribution in [0.25, 0.3) is 0 Å². The zero-order valence-electron chi connectivity index (χ0n) is 10.3. The third-order valence-corrected chi connectivity index (χ3v) is 3.85. The first-order chi connectivity index (χ1) is 7.86. The Kier molecular flexibility index (Phi) is 5.07. The maximum atomic E-state index is 6.10. The molecule has 0 bridgehead atoms. The molecule has 2 saturated carbocycles. The fraction of sp³-hybridized carbons (Fsp3) is 1.00. The Hall–Kier alpha value is -0.120. The van der Waals surface area contributed by atoms with Crippen LogP contribution in [0.1, 0.15) is 38.5 Å². The lowest BCUT2D eigenvalue weighted by Crippen LogP contribution is -2.40. The molecular weight excluding hydrogens is 200 g/mol. The molecule has 3 heteroatoms. The number of hydrogen-bond acceptors (Lipinski definition) is 3. The molecule has 2 fully saturated rings. The van der Waals surface area contributed by atoms with Gasteiger partial charge in [0.1, 0.15) is 0 Å². The fourth-order valence-corrected chi connectivity index (χ4v) is 2.46. The highest BCUT2D eigenvalue weighted by Crippen LogP contribution is 2.28. The highest BCUT2D eigenvalue weighted by atomic mass is 16.5. The summed E-state index contributed by atoms with van der Waals surface area (Å²) in [5, 5.41) is 3.47. The van der Waals surface area contributed by atoms with Gasteiger partial charge in [-0.1, -0.05) is 12.8 Å². The maximum absolute atomic E-state index is 6.10. The van der Waals surface area contributed by atoms with Crippen LogP contribution in [0.2, 0.25) is 0 Å². The van der Waals surface area contributed by atoms with Crippen molar-refractivity contribution >= 4 is 0 Å². The van der Waals surface area contributed by atoms with E-state index in [9.17, 15) is 0 Å². The molecule has 0 radical (unpaired) electrons. The number of ether oxygens (including phenoxy) is 1. The Morgan fingerprint density at radius 1 is 1.12 bits per heavy atom. The molecule has 94 valence electrons. The normalized spacial score (nSPS) is 30.6. The molecule has 0 aromatic heterocycles. The molecule has 16 heavy (non-hydrogen) atoms. The van der Waals surface area contributed by atoms with E-state index < -0.39 is 0 Å². The summed E-state index contributed by atoms with van der Waals surface area (Å²) in [6, 6.07) is 0.425. The molecule has 0 aromatic rings. The van der Waals surface area contributed by atoms with Crippen LogP contribution in [-0.4, -0.2) is 32.3 Å². The lowest BCUT2D eigenvalue weighted by atomic mass is 9.85. The van der Waals surface area contributed by atoms with Crippen LogP contribution < -0.4 is 11.1 Å². The van der Waals surface area contributed by atoms with Gasteiger partial charge >= 0.3 is 0 Å². The lowest BCUT2D eigenvalue weighted by Gasteiger charge is -2.28. The third kappa shape index (κ3) is 4.40. The number of hydrogen-bond donors (Lipinski definition) is 2. The summed E-state index contributed by atoms with van der Waals surface area (Å²) >= 11 is 0. The summed E-state index contributed by atoms with van der Waals surface area (Å²) in [5.41, 5.74) is 6.10. The summed E-state index contributed by atoms with van der Waals surface area (Å²) in [6.45, 7) is 3.90. The predicted molar refractivity (Wildman–Crippen MR) is 66.3 cm³/mol. The second-order valence-corrected chi connectivity index (χ2v) is 5.43. The van der Waals surface area contributed by atoms with Crippen LogP contribution >= 0.6 is 0 Å². The molecule has 2 aliphatic rings. The van der Waals surface area contributed by atoms with Gasteiger partial charge in [-0.25, -0.2) is 0 Å². The van der Waals surface area contributed by atoms with Crippen molar-refractivity contribution in [2.45, 2.75) is 44.6 Å². The van der Waals surface area contributed by atoms with Gasteiger partial charge in [0.15, 0.2) is 0 Å². The van der Waals surface area contributed by atoms with Gasteiger partial charge in [0.25, 0.3) is 0 Å². The van der Waals surface area contributed by atoms with Gasteiger partial charge in [-0.2, -0.15) is 0 Å². The van der Waals surface area contributed by atoms with Crippen molar-refractivity contribution < 1.29 is 4.74 Å². The third-order valence-electron chi connectivity index (χ3n) is 3.85. The van der Waals surface area contributed by atoms with E-state index in [2.05, 4.69) is 5.32 Å². The van der Waals surface area contributed by atoms with Crippen molar-refractivity contribution in [3.63, 3.8) is 0 Å². The fourth-order valence-electron chi connectivity index (χ4n) is 2.46. The van der Waals surface area contributed by atoms with Crippen molar-refractivity contribution in [2.24, 2.45) is 17.6 Å². The largest absolute Gasteiger partial charge is 0.380 e. The van der Waals surface area contributed by atoms with Crippen molar-refractivity contribution in [1.29, 1.82) is 0 Å². The Labute approximate surface area is 99.1 Å². The standard InChI is InChI=1S/C13H26N2O/c14-13-4-2-1-3-12(13)9-15-7-8-16-10-11-5-6-11/h11-13,15H,1-10,14H2. The minimum atomic E-state index is 0.425. The van der Waals surface area contributed by atoms with Gasteiger partial charge < -0.3 is 15.8 Å². The molecule has 2 aliphatic carbocycles. The van der Waals surface area contributed by atoms with Crippen LogP contribution in [0.5, 0.6) is 0 Å². The topological polar surface area (TPSA) is 47.3 Å². The predicted octanol–water partition coefficient (Wildman–Crippen LogP) is 1.52. The molecular formula is C13H26N2O. The van der Waals surface area contributed by atoms with Gasteiger partial charge in [-0.05, 0) is 44.1 Å². The van der Waals surface area contributed by atoms with Gasteiger partial charge in [0.05, 0.1) is 6.61 Å². The van der Waals surface area contributed by atoms with E-state index in [0.717, 1.165) is 32.2 Å². The van der Waals surface area contributed by atoms with Crippen molar-refractivity contribution in [1.82, 2.24) is 5.32 Å². The molecule has 0 saturated heterocycles. The summed E-state index contributed by atoms with van der Waals surface area (Å²) in [7, 11) is 0. The zero-order chi connectivity index (χ0) is 11.2. The van der Waals surface area contributed by atoms with Crippen LogP contribution in [0, 0.1) is 11.8 Å². The molecule has 2 atom stereocenters. The summed E-state index contributed by atoms with van der Waals surface area (Å²) in [6.07, 6.45) is 7.96. The first kappa shape index (κ1) is 12.3. The molecule has 0 aliphatic heterocycles. The van der Waals surface area contributed by atoms with Gasteiger partial charge in [0, 0.05) is 19.2 Å². The molecule has 0 heterocycles. The Balaban J connectivity index is 1.43. The van der Waals surface area contributed by atoms with E-state index in [0.29, 0.717) is 12.0 Å². The Morgan fingerprint density at radius 3 is 2.69 bits per heavy atom. The van der Waals surface area contributed by atoms with Crippen LogP contribution in [0.15, 0.2) is 0 Å². The summed E-state index contributed by atoms with van der Waals surface area (Å²) in [4.78, 5) is 0. The van der Waals surface area contributed by atoms with E-state index >= 15 is 0 Å². The smallest absolute Gasteiger partial charge is 0.0591 e. The van der Waals surface area contributed by atoms with Gasteiger partial charge in [-0.3, -0.25) is 0 Å². The van der Waals surface area contributed by atoms with Crippen molar-refractivity contribution in [2.75, 3.05) is 26.3 Å². The molecule has 0 amide bonds. The van der Waals surface area contributed by atoms with E-state index in [4.69, 9.17) is 10.5 Å². The van der Waals surface area contributed by atoms with E-state index in [1.807, 2.05) is 0 Å². The SMILES string of the molecule is NC1CCCCC1CNCCOCC1CC1. The van der Waals surface area contributed by atoms with E-state index in [1.54, 1.807) is 0 Å². The molecule has 2 rings (SSSR count). The number of rotatable bonds is 7. The second-order valence-electron chi connectivity index (χ2n) is 5.43. The number of nitrogens with two attached hydrogens (primary N) is 1. The monoisotopic (exact) mass is 226 g/mol. The van der Waals surface area contributed by atoms with Crippen LogP contribution in [-0.2, 0) is 4.74 Å². The van der Waals surface area contributed by atoms with E-state index in [-0.39, 0.29) is 0 Å². The molecule has 3 N–H and O–H groups in total. The number of nitrogens with one attached hydrogen (secondary N) is 1. The van der Waals surface area contributed by atoms with Crippen LogP contribution in [0.3, 0.4) is 0 Å². The lowest BCUT2D eigenvalue weighted by molar-refractivity contribution is 0.124. The average Bonchev–Trinajstić information content (AvgIpc) is 3.09. The maximum Gasteiger partial charge on any atom is 0.0591 e. The highest BCUT2D eigenvalue weighted by molar-refractivity contribution is 4.79. The zero-order valence-corrected chi connectivity index (χ0v) is 10.3. The average molecular weight is 226 g/mol. The second kappa shape index (κ2) is 6.58. The quantitative estimate of drug-likeness (QED) is 0.647. The minimum Gasteiger partial charge on any atom is -0.380 e. The van der Waals surface area contributed by atoms with Gasteiger partial charge in [0.2, 0.25) is 0 Å². The van der Waals surface area contributed by atoms with Crippen molar-refractivity contribution in [3.05, 3.63) is 0 Å².